The van der Waals surface area contributed by atoms with Crippen molar-refractivity contribution in [2.45, 2.75) is 18.9 Å². The minimum Gasteiger partial charge on any atom is -0.487 e. The molecule has 0 saturated heterocycles. The van der Waals surface area contributed by atoms with E-state index in [1.807, 2.05) is 12.1 Å². The summed E-state index contributed by atoms with van der Waals surface area (Å²) in [6.07, 6.45) is 1.69. The fourth-order valence-electron chi connectivity index (χ4n) is 2.42. The van der Waals surface area contributed by atoms with Gasteiger partial charge in [0.05, 0.1) is 6.61 Å². The van der Waals surface area contributed by atoms with Gasteiger partial charge in [-0.2, -0.15) is 0 Å². The number of fused-ring (bicyclic) bond motifs is 1. The Hall–Kier alpha value is -1.80. The van der Waals surface area contributed by atoms with E-state index in [9.17, 15) is 0 Å². The van der Waals surface area contributed by atoms with Crippen LogP contribution in [0.4, 0.5) is 0 Å². The van der Waals surface area contributed by atoms with Crippen molar-refractivity contribution in [1.29, 1.82) is 0 Å². The highest BCUT2D eigenvalue weighted by Crippen LogP contribution is 2.30. The fraction of sp³-hybridized carbons (Fsp3) is 0.250. The summed E-state index contributed by atoms with van der Waals surface area (Å²) >= 11 is 0. The van der Waals surface area contributed by atoms with Gasteiger partial charge in [-0.1, -0.05) is 42.5 Å². The summed E-state index contributed by atoms with van der Waals surface area (Å²) in [5, 5.41) is 9.12. The van der Waals surface area contributed by atoms with Gasteiger partial charge in [-0.25, -0.2) is 0 Å². The second-order valence-electron chi connectivity index (χ2n) is 4.73. The van der Waals surface area contributed by atoms with Crippen molar-refractivity contribution in [2.75, 3.05) is 6.61 Å². The molecule has 0 aromatic heterocycles. The molecule has 2 nitrogen and oxygen atoms in total. The van der Waals surface area contributed by atoms with Gasteiger partial charge in [0, 0.05) is 6.42 Å². The van der Waals surface area contributed by atoms with Gasteiger partial charge in [0.25, 0.3) is 0 Å². The average Bonchev–Trinajstić information content (AvgIpc) is 2.82. The molecule has 0 bridgehead atoms. The van der Waals surface area contributed by atoms with Gasteiger partial charge in [-0.3, -0.25) is 0 Å². The van der Waals surface area contributed by atoms with Crippen LogP contribution in [0.15, 0.2) is 48.5 Å². The number of aliphatic hydroxyl groups excluding tert-OH is 1. The summed E-state index contributed by atoms with van der Waals surface area (Å²) in [6.45, 7) is 0.0860. The third-order valence-corrected chi connectivity index (χ3v) is 3.32. The van der Waals surface area contributed by atoms with Crippen molar-refractivity contribution in [3.63, 3.8) is 0 Å². The van der Waals surface area contributed by atoms with E-state index >= 15 is 0 Å². The molecule has 1 aliphatic rings. The molecule has 0 fully saturated rings. The zero-order valence-corrected chi connectivity index (χ0v) is 10.2. The minimum absolute atomic E-state index is 0.0630. The lowest BCUT2D eigenvalue weighted by Gasteiger charge is -2.05. The first kappa shape index (κ1) is 11.3. The lowest BCUT2D eigenvalue weighted by Crippen LogP contribution is -2.17. The first-order chi connectivity index (χ1) is 8.85. The smallest absolute Gasteiger partial charge is 0.126 e. The predicted octanol–water partition coefficient (Wildman–Crippen LogP) is 2.57. The highest BCUT2D eigenvalue weighted by molar-refractivity contribution is 5.42. The molecule has 3 rings (SSSR count). The molecule has 1 N–H and O–H groups in total. The van der Waals surface area contributed by atoms with E-state index in [1.54, 1.807) is 0 Å². The van der Waals surface area contributed by atoms with E-state index in [-0.39, 0.29) is 12.7 Å². The molecule has 2 heteroatoms. The van der Waals surface area contributed by atoms with Crippen molar-refractivity contribution < 1.29 is 9.84 Å². The van der Waals surface area contributed by atoms with Gasteiger partial charge >= 0.3 is 0 Å². The van der Waals surface area contributed by atoms with Gasteiger partial charge in [-0.15, -0.1) is 0 Å². The second kappa shape index (κ2) is 4.83. The van der Waals surface area contributed by atoms with Gasteiger partial charge in [-0.05, 0) is 29.2 Å². The normalized spacial score (nSPS) is 17.3. The first-order valence-corrected chi connectivity index (χ1v) is 6.28. The lowest BCUT2D eigenvalue weighted by molar-refractivity contribution is 0.134. The standard InChI is InChI=1S/C16H16O2/c17-11-15-10-14-9-13(6-7-16(14)18-15)8-12-4-2-1-3-5-12/h1-7,9,15,17H,8,10-11H2. The Morgan fingerprint density at radius 2 is 1.89 bits per heavy atom. The minimum atomic E-state index is -0.0630. The number of rotatable bonds is 3. The van der Waals surface area contributed by atoms with Gasteiger partial charge in [0.1, 0.15) is 11.9 Å². The zero-order valence-electron chi connectivity index (χ0n) is 10.2. The number of hydrogen-bond acceptors (Lipinski definition) is 2. The molecule has 0 saturated carbocycles. The van der Waals surface area contributed by atoms with E-state index in [2.05, 4.69) is 36.4 Å². The molecule has 0 aliphatic carbocycles. The van der Waals surface area contributed by atoms with Crippen LogP contribution in [0.3, 0.4) is 0 Å². The highest BCUT2D eigenvalue weighted by atomic mass is 16.5. The Kier molecular flexibility index (Phi) is 3.03. The van der Waals surface area contributed by atoms with Crippen LogP contribution in [-0.4, -0.2) is 17.8 Å². The molecule has 1 atom stereocenters. The predicted molar refractivity (Wildman–Crippen MR) is 70.9 cm³/mol. The van der Waals surface area contributed by atoms with Crippen LogP contribution in [0, 0.1) is 0 Å². The molecule has 1 unspecified atom stereocenters. The molecule has 2 aromatic carbocycles. The number of ether oxygens (including phenoxy) is 1. The Bertz CT molecular complexity index is 534. The van der Waals surface area contributed by atoms with E-state index in [0.29, 0.717) is 0 Å². The lowest BCUT2D eigenvalue weighted by atomic mass is 10.0. The van der Waals surface area contributed by atoms with Crippen molar-refractivity contribution in [1.82, 2.24) is 0 Å². The van der Waals surface area contributed by atoms with Crippen LogP contribution < -0.4 is 4.74 Å². The van der Waals surface area contributed by atoms with E-state index in [0.717, 1.165) is 18.6 Å². The molecule has 2 aromatic rings. The Morgan fingerprint density at radius 3 is 2.67 bits per heavy atom. The molecule has 1 heterocycles. The molecule has 0 spiro atoms. The van der Waals surface area contributed by atoms with Gasteiger partial charge in [0.15, 0.2) is 0 Å². The fourth-order valence-corrected chi connectivity index (χ4v) is 2.42. The highest BCUT2D eigenvalue weighted by Gasteiger charge is 2.21. The van der Waals surface area contributed by atoms with Gasteiger partial charge in [0.2, 0.25) is 0 Å². The van der Waals surface area contributed by atoms with Crippen LogP contribution in [0.2, 0.25) is 0 Å². The van der Waals surface area contributed by atoms with Gasteiger partial charge < -0.3 is 9.84 Å². The molecular weight excluding hydrogens is 224 g/mol. The molecule has 0 amide bonds. The Labute approximate surface area is 107 Å². The number of benzene rings is 2. The molecular formula is C16H16O2. The quantitative estimate of drug-likeness (QED) is 0.893. The SMILES string of the molecule is OCC1Cc2cc(Cc3ccccc3)ccc2O1. The van der Waals surface area contributed by atoms with Crippen LogP contribution >= 0.6 is 0 Å². The van der Waals surface area contributed by atoms with E-state index < -0.39 is 0 Å². The summed E-state index contributed by atoms with van der Waals surface area (Å²) in [6, 6.07) is 16.8. The summed E-state index contributed by atoms with van der Waals surface area (Å²) in [5.74, 6) is 0.922. The number of aliphatic hydroxyl groups is 1. The summed E-state index contributed by atoms with van der Waals surface area (Å²) in [7, 11) is 0. The van der Waals surface area contributed by atoms with Crippen LogP contribution in [0.5, 0.6) is 5.75 Å². The van der Waals surface area contributed by atoms with Crippen molar-refractivity contribution in [3.05, 3.63) is 65.2 Å². The first-order valence-electron chi connectivity index (χ1n) is 6.28. The molecule has 92 valence electrons. The van der Waals surface area contributed by atoms with E-state index in [1.165, 1.54) is 16.7 Å². The van der Waals surface area contributed by atoms with Crippen LogP contribution in [0.1, 0.15) is 16.7 Å². The third-order valence-electron chi connectivity index (χ3n) is 3.32. The maximum Gasteiger partial charge on any atom is 0.126 e. The second-order valence-corrected chi connectivity index (χ2v) is 4.73. The van der Waals surface area contributed by atoms with Crippen LogP contribution in [-0.2, 0) is 12.8 Å². The Balaban J connectivity index is 1.80. The van der Waals surface area contributed by atoms with E-state index in [4.69, 9.17) is 9.84 Å². The largest absolute Gasteiger partial charge is 0.487 e. The zero-order chi connectivity index (χ0) is 12.4. The van der Waals surface area contributed by atoms with Crippen molar-refractivity contribution in [3.8, 4) is 5.75 Å². The number of hydrogen-bond donors (Lipinski definition) is 1. The monoisotopic (exact) mass is 240 g/mol. The average molecular weight is 240 g/mol. The Morgan fingerprint density at radius 1 is 1.06 bits per heavy atom. The maximum absolute atomic E-state index is 9.12. The molecule has 1 aliphatic heterocycles. The van der Waals surface area contributed by atoms with Crippen molar-refractivity contribution in [2.24, 2.45) is 0 Å². The summed E-state index contributed by atoms with van der Waals surface area (Å²) in [5.41, 5.74) is 3.82. The third kappa shape index (κ3) is 2.24. The van der Waals surface area contributed by atoms with Crippen LogP contribution in [0.25, 0.3) is 0 Å². The van der Waals surface area contributed by atoms with Crippen molar-refractivity contribution >= 4 is 0 Å². The summed E-state index contributed by atoms with van der Waals surface area (Å²) in [4.78, 5) is 0. The maximum atomic E-state index is 9.12. The topological polar surface area (TPSA) is 29.5 Å². The molecule has 0 radical (unpaired) electrons. The molecule has 18 heavy (non-hydrogen) atoms. The summed E-state index contributed by atoms with van der Waals surface area (Å²) < 4.78 is 5.61.